The highest BCUT2D eigenvalue weighted by Gasteiger charge is 2.28. The molecule has 0 aliphatic carbocycles. The molecule has 1 aliphatic heterocycles. The molecule has 1 aromatic rings. The van der Waals surface area contributed by atoms with E-state index in [1.165, 1.54) is 5.56 Å². The number of aryl methyl sites for hydroxylation is 2. The van der Waals surface area contributed by atoms with Crippen LogP contribution in [0, 0.1) is 13.8 Å². The van der Waals surface area contributed by atoms with Crippen LogP contribution in [0.2, 0.25) is 0 Å². The molecule has 0 aromatic carbocycles. The highest BCUT2D eigenvalue weighted by molar-refractivity contribution is 5.68. The standard InChI is InChI=1S/C17H26N2O2/c1-12-9-15(10-13(2)18-12)14-7-6-8-19(11-14)16(20)21-17(3,4)5/h9-10,14H,6-8,11H2,1-5H3/t14-/m0/s1. The smallest absolute Gasteiger partial charge is 0.410 e. The van der Waals surface area contributed by atoms with Gasteiger partial charge in [0.15, 0.2) is 0 Å². The minimum absolute atomic E-state index is 0.199. The Bertz CT molecular complexity index is 500. The van der Waals surface area contributed by atoms with Crippen molar-refractivity contribution in [3.05, 3.63) is 29.1 Å². The second kappa shape index (κ2) is 6.04. The molecule has 0 saturated carbocycles. The first-order chi connectivity index (χ1) is 9.74. The number of carbonyl (C=O) groups excluding carboxylic acids is 1. The van der Waals surface area contributed by atoms with Crippen molar-refractivity contribution < 1.29 is 9.53 Å². The van der Waals surface area contributed by atoms with Crippen LogP contribution in [0.4, 0.5) is 4.79 Å². The van der Waals surface area contributed by atoms with Crippen molar-refractivity contribution in [2.75, 3.05) is 13.1 Å². The average Bonchev–Trinajstić information content (AvgIpc) is 2.36. The molecule has 2 rings (SSSR count). The Morgan fingerprint density at radius 1 is 1.29 bits per heavy atom. The number of piperidine rings is 1. The molecule has 1 atom stereocenters. The third-order valence-corrected chi connectivity index (χ3v) is 3.65. The monoisotopic (exact) mass is 290 g/mol. The van der Waals surface area contributed by atoms with Gasteiger partial charge in [0.2, 0.25) is 0 Å². The molecule has 1 amide bonds. The summed E-state index contributed by atoms with van der Waals surface area (Å²) >= 11 is 0. The first-order valence-corrected chi connectivity index (χ1v) is 7.68. The van der Waals surface area contributed by atoms with Crippen molar-refractivity contribution in [1.29, 1.82) is 0 Å². The molecule has 0 spiro atoms. The molecule has 1 fully saturated rings. The van der Waals surface area contributed by atoms with Gasteiger partial charge in [-0.15, -0.1) is 0 Å². The van der Waals surface area contributed by atoms with E-state index in [0.29, 0.717) is 5.92 Å². The lowest BCUT2D eigenvalue weighted by molar-refractivity contribution is 0.0198. The van der Waals surface area contributed by atoms with Gasteiger partial charge in [-0.25, -0.2) is 4.79 Å². The van der Waals surface area contributed by atoms with Gasteiger partial charge in [-0.2, -0.15) is 0 Å². The Hall–Kier alpha value is -1.58. The SMILES string of the molecule is Cc1cc([C@H]2CCCN(C(=O)OC(C)(C)C)C2)cc(C)n1. The zero-order valence-corrected chi connectivity index (χ0v) is 13.8. The number of pyridine rings is 1. The number of nitrogens with zero attached hydrogens (tertiary/aromatic N) is 2. The van der Waals surface area contributed by atoms with E-state index in [9.17, 15) is 4.79 Å². The van der Waals surface area contributed by atoms with E-state index in [0.717, 1.165) is 37.3 Å². The van der Waals surface area contributed by atoms with Gasteiger partial charge in [0.1, 0.15) is 5.60 Å². The highest BCUT2D eigenvalue weighted by atomic mass is 16.6. The molecule has 0 radical (unpaired) electrons. The van der Waals surface area contributed by atoms with Crippen molar-refractivity contribution in [3.8, 4) is 0 Å². The topological polar surface area (TPSA) is 42.4 Å². The van der Waals surface area contributed by atoms with E-state index in [1.807, 2.05) is 39.5 Å². The zero-order valence-electron chi connectivity index (χ0n) is 13.8. The third kappa shape index (κ3) is 4.45. The molecule has 4 heteroatoms. The van der Waals surface area contributed by atoms with E-state index >= 15 is 0 Å². The van der Waals surface area contributed by atoms with Crippen molar-refractivity contribution in [2.45, 2.75) is 59.0 Å². The van der Waals surface area contributed by atoms with Crippen LogP contribution >= 0.6 is 0 Å². The molecular weight excluding hydrogens is 264 g/mol. The number of rotatable bonds is 1. The maximum Gasteiger partial charge on any atom is 0.410 e. The van der Waals surface area contributed by atoms with Crippen LogP contribution in [0.5, 0.6) is 0 Å². The summed E-state index contributed by atoms with van der Waals surface area (Å²) in [5.41, 5.74) is 2.93. The average molecular weight is 290 g/mol. The van der Waals surface area contributed by atoms with E-state index in [1.54, 1.807) is 0 Å². The summed E-state index contributed by atoms with van der Waals surface area (Å²) in [5.74, 6) is 0.381. The van der Waals surface area contributed by atoms with Gasteiger partial charge >= 0.3 is 6.09 Å². The summed E-state index contributed by atoms with van der Waals surface area (Å²) in [4.78, 5) is 18.5. The Balaban J connectivity index is 2.08. The van der Waals surface area contributed by atoms with Gasteiger partial charge in [-0.3, -0.25) is 4.98 Å². The van der Waals surface area contributed by atoms with Crippen LogP contribution in [0.3, 0.4) is 0 Å². The van der Waals surface area contributed by atoms with Crippen molar-refractivity contribution in [2.24, 2.45) is 0 Å². The molecule has 4 nitrogen and oxygen atoms in total. The van der Waals surface area contributed by atoms with Gasteiger partial charge in [-0.1, -0.05) is 0 Å². The number of aromatic nitrogens is 1. The minimum Gasteiger partial charge on any atom is -0.444 e. The lowest BCUT2D eigenvalue weighted by Gasteiger charge is -2.34. The van der Waals surface area contributed by atoms with Crippen molar-refractivity contribution >= 4 is 6.09 Å². The summed E-state index contributed by atoms with van der Waals surface area (Å²) in [5, 5.41) is 0. The van der Waals surface area contributed by atoms with E-state index in [-0.39, 0.29) is 6.09 Å². The second-order valence-corrected chi connectivity index (χ2v) is 6.95. The number of hydrogen-bond acceptors (Lipinski definition) is 3. The Labute approximate surface area is 127 Å². The summed E-state index contributed by atoms with van der Waals surface area (Å²) < 4.78 is 5.48. The number of carbonyl (C=O) groups is 1. The van der Waals surface area contributed by atoms with Crippen LogP contribution in [0.25, 0.3) is 0 Å². The van der Waals surface area contributed by atoms with Gasteiger partial charge in [0.25, 0.3) is 0 Å². The molecule has 0 N–H and O–H groups in total. The number of ether oxygens (including phenoxy) is 1. The lowest BCUT2D eigenvalue weighted by atomic mass is 9.90. The Kier molecular flexibility index (Phi) is 4.55. The maximum atomic E-state index is 12.2. The van der Waals surface area contributed by atoms with Crippen LogP contribution in [-0.2, 0) is 4.74 Å². The third-order valence-electron chi connectivity index (χ3n) is 3.65. The Morgan fingerprint density at radius 3 is 2.48 bits per heavy atom. The summed E-state index contributed by atoms with van der Waals surface area (Å²) in [7, 11) is 0. The first-order valence-electron chi connectivity index (χ1n) is 7.68. The minimum atomic E-state index is -0.437. The number of amides is 1. The molecule has 21 heavy (non-hydrogen) atoms. The van der Waals surface area contributed by atoms with Crippen LogP contribution in [0.1, 0.15) is 56.5 Å². The molecule has 1 aliphatic rings. The van der Waals surface area contributed by atoms with Gasteiger partial charge in [0, 0.05) is 30.4 Å². The molecule has 1 saturated heterocycles. The fourth-order valence-electron chi connectivity index (χ4n) is 2.84. The fraction of sp³-hybridized carbons (Fsp3) is 0.647. The van der Waals surface area contributed by atoms with Crippen molar-refractivity contribution in [1.82, 2.24) is 9.88 Å². The van der Waals surface area contributed by atoms with Gasteiger partial charge < -0.3 is 9.64 Å². The predicted octanol–water partition coefficient (Wildman–Crippen LogP) is 3.81. The summed E-state index contributed by atoms with van der Waals surface area (Å²) in [6.45, 7) is 11.3. The van der Waals surface area contributed by atoms with Crippen LogP contribution in [0.15, 0.2) is 12.1 Å². The first kappa shape index (κ1) is 15.8. The molecule has 116 valence electrons. The quantitative estimate of drug-likeness (QED) is 0.789. The van der Waals surface area contributed by atoms with Crippen LogP contribution in [-0.4, -0.2) is 34.7 Å². The molecule has 1 aromatic heterocycles. The van der Waals surface area contributed by atoms with E-state index < -0.39 is 5.60 Å². The second-order valence-electron chi connectivity index (χ2n) is 6.95. The van der Waals surface area contributed by atoms with E-state index in [4.69, 9.17) is 4.74 Å². The largest absolute Gasteiger partial charge is 0.444 e. The molecule has 0 unspecified atom stereocenters. The normalized spacial score (nSPS) is 19.5. The molecule has 0 bridgehead atoms. The summed E-state index contributed by atoms with van der Waals surface area (Å²) in [6, 6.07) is 4.27. The van der Waals surface area contributed by atoms with Crippen molar-refractivity contribution in [3.63, 3.8) is 0 Å². The summed E-state index contributed by atoms with van der Waals surface area (Å²) in [6.07, 6.45) is 1.93. The maximum absolute atomic E-state index is 12.2. The highest BCUT2D eigenvalue weighted by Crippen LogP contribution is 2.28. The molecular formula is C17H26N2O2. The molecule has 2 heterocycles. The van der Waals surface area contributed by atoms with E-state index in [2.05, 4.69) is 17.1 Å². The van der Waals surface area contributed by atoms with Gasteiger partial charge in [0.05, 0.1) is 0 Å². The fourth-order valence-corrected chi connectivity index (χ4v) is 2.84. The predicted molar refractivity (Wildman–Crippen MR) is 83.5 cm³/mol. The van der Waals surface area contributed by atoms with Gasteiger partial charge in [-0.05, 0) is 65.2 Å². The van der Waals surface area contributed by atoms with Crippen LogP contribution < -0.4 is 0 Å². The Morgan fingerprint density at radius 2 is 1.90 bits per heavy atom. The zero-order chi connectivity index (χ0) is 15.6. The number of likely N-dealkylation sites (tertiary alicyclic amines) is 1. The number of hydrogen-bond donors (Lipinski definition) is 0. The lowest BCUT2D eigenvalue weighted by Crippen LogP contribution is -2.42.